The fraction of sp³-hybridized carbons (Fsp3) is 0.467. The first-order valence-electron chi connectivity index (χ1n) is 6.95. The van der Waals surface area contributed by atoms with Crippen LogP contribution in [0.25, 0.3) is 0 Å². The van der Waals surface area contributed by atoms with E-state index in [-0.39, 0.29) is 18.9 Å². The summed E-state index contributed by atoms with van der Waals surface area (Å²) in [5.74, 6) is -1.17. The van der Waals surface area contributed by atoms with Gasteiger partial charge in [-0.05, 0) is 30.5 Å². The summed E-state index contributed by atoms with van der Waals surface area (Å²) in [6.07, 6.45) is 0.872. The summed E-state index contributed by atoms with van der Waals surface area (Å²) in [5, 5.41) is 13.0. The molecule has 1 aromatic carbocycles. The second-order valence-electron chi connectivity index (χ2n) is 5.39. The standard InChI is InChI=1S/C15H17Cl2NO4/c16-11-2-1-10(12(17)8-11)7-13(19)18-9-15(14(20)21)3-5-22-6-4-15/h1-2,8H,3-7,9H2,(H,18,19)(H,20,21). The van der Waals surface area contributed by atoms with Crippen LogP contribution in [0.15, 0.2) is 18.2 Å². The molecule has 0 radical (unpaired) electrons. The molecule has 2 rings (SSSR count). The molecular formula is C15H17Cl2NO4. The summed E-state index contributed by atoms with van der Waals surface area (Å²) in [4.78, 5) is 23.5. The van der Waals surface area contributed by atoms with E-state index in [0.29, 0.717) is 41.7 Å². The van der Waals surface area contributed by atoms with Gasteiger partial charge in [0.25, 0.3) is 0 Å². The zero-order valence-electron chi connectivity index (χ0n) is 11.9. The summed E-state index contributed by atoms with van der Waals surface area (Å²) in [6, 6.07) is 4.92. The van der Waals surface area contributed by atoms with Gasteiger partial charge in [-0.25, -0.2) is 0 Å². The molecule has 1 amide bonds. The third kappa shape index (κ3) is 4.12. The van der Waals surface area contributed by atoms with Crippen molar-refractivity contribution in [1.82, 2.24) is 5.32 Å². The SMILES string of the molecule is O=C(Cc1ccc(Cl)cc1Cl)NCC1(C(=O)O)CCOCC1. The third-order valence-corrected chi connectivity index (χ3v) is 4.48. The van der Waals surface area contributed by atoms with Crippen LogP contribution in [0.1, 0.15) is 18.4 Å². The lowest BCUT2D eigenvalue weighted by atomic mass is 9.80. The minimum atomic E-state index is -0.947. The van der Waals surface area contributed by atoms with Crippen LogP contribution < -0.4 is 5.32 Å². The summed E-state index contributed by atoms with van der Waals surface area (Å²) < 4.78 is 5.20. The highest BCUT2D eigenvalue weighted by Crippen LogP contribution is 2.30. The lowest BCUT2D eigenvalue weighted by Crippen LogP contribution is -2.46. The van der Waals surface area contributed by atoms with Crippen molar-refractivity contribution in [3.8, 4) is 0 Å². The molecule has 2 N–H and O–H groups in total. The average molecular weight is 346 g/mol. The Morgan fingerprint density at radius 3 is 2.55 bits per heavy atom. The molecule has 1 aliphatic rings. The molecule has 0 saturated carbocycles. The topological polar surface area (TPSA) is 75.6 Å². The first kappa shape index (κ1) is 17.1. The second kappa shape index (κ2) is 7.31. The van der Waals surface area contributed by atoms with Gasteiger partial charge in [0, 0.05) is 29.8 Å². The highest BCUT2D eigenvalue weighted by Gasteiger charge is 2.40. The number of ether oxygens (including phenoxy) is 1. The molecular weight excluding hydrogens is 329 g/mol. The van der Waals surface area contributed by atoms with Crippen LogP contribution in [0.4, 0.5) is 0 Å². The predicted octanol–water partition coefficient (Wildman–Crippen LogP) is 2.53. The molecule has 1 heterocycles. The van der Waals surface area contributed by atoms with Crippen molar-refractivity contribution >= 4 is 35.1 Å². The Hall–Kier alpha value is -1.30. The first-order chi connectivity index (χ1) is 10.4. The number of carbonyl (C=O) groups excluding carboxylic acids is 1. The van der Waals surface area contributed by atoms with Crippen molar-refractivity contribution in [3.05, 3.63) is 33.8 Å². The normalized spacial score (nSPS) is 17.0. The summed E-state index contributed by atoms with van der Waals surface area (Å²) in [6.45, 7) is 0.881. The van der Waals surface area contributed by atoms with E-state index in [9.17, 15) is 14.7 Å². The molecule has 1 fully saturated rings. The van der Waals surface area contributed by atoms with Crippen molar-refractivity contribution in [2.45, 2.75) is 19.3 Å². The number of amides is 1. The van der Waals surface area contributed by atoms with E-state index < -0.39 is 11.4 Å². The Kier molecular flexibility index (Phi) is 5.67. The van der Waals surface area contributed by atoms with E-state index in [2.05, 4.69) is 5.32 Å². The van der Waals surface area contributed by atoms with Gasteiger partial charge >= 0.3 is 5.97 Å². The van der Waals surface area contributed by atoms with Gasteiger partial charge in [-0.15, -0.1) is 0 Å². The number of carboxylic acids is 1. The van der Waals surface area contributed by atoms with Crippen molar-refractivity contribution in [2.24, 2.45) is 5.41 Å². The van der Waals surface area contributed by atoms with Crippen molar-refractivity contribution in [2.75, 3.05) is 19.8 Å². The monoisotopic (exact) mass is 345 g/mol. The van der Waals surface area contributed by atoms with Gasteiger partial charge in [0.05, 0.1) is 11.8 Å². The molecule has 0 bridgehead atoms. The molecule has 0 unspecified atom stereocenters. The Labute approximate surface area is 138 Å². The van der Waals surface area contributed by atoms with Gasteiger partial charge in [-0.1, -0.05) is 29.3 Å². The van der Waals surface area contributed by atoms with E-state index in [1.54, 1.807) is 18.2 Å². The molecule has 1 saturated heterocycles. The zero-order chi connectivity index (χ0) is 16.2. The van der Waals surface area contributed by atoms with Crippen molar-refractivity contribution < 1.29 is 19.4 Å². The van der Waals surface area contributed by atoms with Gasteiger partial charge in [0.2, 0.25) is 5.91 Å². The van der Waals surface area contributed by atoms with E-state index in [1.807, 2.05) is 0 Å². The third-order valence-electron chi connectivity index (χ3n) is 3.89. The maximum atomic E-state index is 12.0. The number of carbonyl (C=O) groups is 2. The Bertz CT molecular complexity index is 571. The highest BCUT2D eigenvalue weighted by molar-refractivity contribution is 6.35. The van der Waals surface area contributed by atoms with Crippen LogP contribution in [0.3, 0.4) is 0 Å². The van der Waals surface area contributed by atoms with E-state index in [0.717, 1.165) is 0 Å². The number of aliphatic carboxylic acids is 1. The summed E-state index contributed by atoms with van der Waals surface area (Å²) in [7, 11) is 0. The first-order valence-corrected chi connectivity index (χ1v) is 7.70. The largest absolute Gasteiger partial charge is 0.481 e. The van der Waals surface area contributed by atoms with E-state index in [4.69, 9.17) is 27.9 Å². The number of hydrogen-bond acceptors (Lipinski definition) is 3. The summed E-state index contributed by atoms with van der Waals surface area (Å²) in [5.41, 5.74) is -0.294. The fourth-order valence-electron chi connectivity index (χ4n) is 2.40. The Balaban J connectivity index is 1.95. The van der Waals surface area contributed by atoms with Gasteiger partial charge in [-0.3, -0.25) is 9.59 Å². The van der Waals surface area contributed by atoms with E-state index in [1.165, 1.54) is 0 Å². The molecule has 22 heavy (non-hydrogen) atoms. The maximum Gasteiger partial charge on any atom is 0.311 e. The molecule has 1 aromatic rings. The average Bonchev–Trinajstić information content (AvgIpc) is 2.49. The molecule has 0 aliphatic carbocycles. The van der Waals surface area contributed by atoms with Crippen LogP contribution in [-0.4, -0.2) is 36.7 Å². The van der Waals surface area contributed by atoms with Crippen molar-refractivity contribution in [1.29, 1.82) is 0 Å². The van der Waals surface area contributed by atoms with E-state index >= 15 is 0 Å². The minimum Gasteiger partial charge on any atom is -0.481 e. The molecule has 1 aliphatic heterocycles. The molecule has 120 valence electrons. The van der Waals surface area contributed by atoms with Gasteiger partial charge in [0.15, 0.2) is 0 Å². The number of halogens is 2. The van der Waals surface area contributed by atoms with Crippen LogP contribution >= 0.6 is 23.2 Å². The van der Waals surface area contributed by atoms with Crippen LogP contribution in [0.5, 0.6) is 0 Å². The molecule has 0 atom stereocenters. The van der Waals surface area contributed by atoms with Gasteiger partial charge < -0.3 is 15.2 Å². The number of carboxylic acid groups (broad SMARTS) is 1. The molecule has 7 heteroatoms. The highest BCUT2D eigenvalue weighted by atomic mass is 35.5. The van der Waals surface area contributed by atoms with Crippen molar-refractivity contribution in [3.63, 3.8) is 0 Å². The molecule has 0 aromatic heterocycles. The lowest BCUT2D eigenvalue weighted by Gasteiger charge is -2.33. The molecule has 5 nitrogen and oxygen atoms in total. The minimum absolute atomic E-state index is 0.0855. The molecule has 0 spiro atoms. The number of hydrogen-bond donors (Lipinski definition) is 2. The quantitative estimate of drug-likeness (QED) is 0.859. The number of nitrogens with one attached hydrogen (secondary N) is 1. The smallest absolute Gasteiger partial charge is 0.311 e. The van der Waals surface area contributed by atoms with Crippen LogP contribution in [-0.2, 0) is 20.7 Å². The number of rotatable bonds is 5. The Morgan fingerprint density at radius 2 is 1.95 bits per heavy atom. The Morgan fingerprint density at radius 1 is 1.27 bits per heavy atom. The van der Waals surface area contributed by atoms with Gasteiger partial charge in [-0.2, -0.15) is 0 Å². The summed E-state index contributed by atoms with van der Waals surface area (Å²) >= 11 is 11.8. The fourth-order valence-corrected chi connectivity index (χ4v) is 2.87. The predicted molar refractivity (Wildman–Crippen MR) is 83.3 cm³/mol. The maximum absolute atomic E-state index is 12.0. The van der Waals surface area contributed by atoms with Crippen LogP contribution in [0, 0.1) is 5.41 Å². The number of benzene rings is 1. The van der Waals surface area contributed by atoms with Crippen LogP contribution in [0.2, 0.25) is 10.0 Å². The van der Waals surface area contributed by atoms with Gasteiger partial charge in [0.1, 0.15) is 0 Å². The second-order valence-corrected chi connectivity index (χ2v) is 6.23. The lowest BCUT2D eigenvalue weighted by molar-refractivity contribution is -0.154. The zero-order valence-corrected chi connectivity index (χ0v) is 13.4.